The van der Waals surface area contributed by atoms with Gasteiger partial charge in [0.05, 0.1) is 23.0 Å². The second-order valence-electron chi connectivity index (χ2n) is 4.45. The maximum atomic E-state index is 11.4. The van der Waals surface area contributed by atoms with Gasteiger partial charge in [-0.15, -0.1) is 0 Å². The summed E-state index contributed by atoms with van der Waals surface area (Å²) in [6, 6.07) is 3.50. The van der Waals surface area contributed by atoms with Crippen LogP contribution in [0.1, 0.15) is 22.3 Å². The first kappa shape index (κ1) is 10.3. The van der Waals surface area contributed by atoms with Crippen LogP contribution >= 0.6 is 0 Å². The van der Waals surface area contributed by atoms with Gasteiger partial charge in [0.15, 0.2) is 19.7 Å². The average molecular weight is 258 g/mol. The summed E-state index contributed by atoms with van der Waals surface area (Å²) in [4.78, 5) is 0. The van der Waals surface area contributed by atoms with E-state index in [9.17, 15) is 16.8 Å². The van der Waals surface area contributed by atoms with Crippen molar-refractivity contribution < 1.29 is 16.8 Å². The Morgan fingerprint density at radius 1 is 0.625 bits per heavy atom. The van der Waals surface area contributed by atoms with Gasteiger partial charge in [-0.25, -0.2) is 16.8 Å². The maximum Gasteiger partial charge on any atom is 0.158 e. The molecule has 6 heteroatoms. The Morgan fingerprint density at radius 3 is 1.12 bits per heavy atom. The topological polar surface area (TPSA) is 68.3 Å². The molecule has 0 aromatic heterocycles. The van der Waals surface area contributed by atoms with Crippen molar-refractivity contribution in [1.82, 2.24) is 0 Å². The van der Waals surface area contributed by atoms with Gasteiger partial charge in [-0.3, -0.25) is 0 Å². The second-order valence-corrected chi connectivity index (χ2v) is 8.58. The van der Waals surface area contributed by atoms with Crippen molar-refractivity contribution in [2.45, 2.75) is 23.0 Å². The van der Waals surface area contributed by atoms with Gasteiger partial charge in [-0.1, -0.05) is 12.1 Å². The van der Waals surface area contributed by atoms with E-state index in [4.69, 9.17) is 0 Å². The highest BCUT2D eigenvalue weighted by Crippen LogP contribution is 2.33. The number of sulfone groups is 2. The Morgan fingerprint density at radius 2 is 0.875 bits per heavy atom. The summed E-state index contributed by atoms with van der Waals surface area (Å²) < 4.78 is 45.7. The van der Waals surface area contributed by atoms with Gasteiger partial charge in [-0.2, -0.15) is 0 Å². The van der Waals surface area contributed by atoms with Crippen molar-refractivity contribution in [3.05, 3.63) is 34.4 Å². The van der Waals surface area contributed by atoms with E-state index < -0.39 is 19.7 Å². The molecule has 0 fully saturated rings. The average Bonchev–Trinajstić information content (AvgIpc) is 2.51. The molecule has 1 aromatic rings. The van der Waals surface area contributed by atoms with E-state index >= 15 is 0 Å². The van der Waals surface area contributed by atoms with Crippen molar-refractivity contribution in [3.63, 3.8) is 0 Å². The molecule has 16 heavy (non-hydrogen) atoms. The Bertz CT molecular complexity index is 580. The van der Waals surface area contributed by atoms with Crippen LogP contribution in [-0.4, -0.2) is 16.8 Å². The van der Waals surface area contributed by atoms with Gasteiger partial charge in [0.25, 0.3) is 0 Å². The van der Waals surface area contributed by atoms with E-state index in [0.717, 1.165) is 22.3 Å². The van der Waals surface area contributed by atoms with Crippen LogP contribution in [0.3, 0.4) is 0 Å². The van der Waals surface area contributed by atoms with Crippen molar-refractivity contribution >= 4 is 19.7 Å². The van der Waals surface area contributed by atoms with E-state index in [0.29, 0.717) is 0 Å². The van der Waals surface area contributed by atoms with Gasteiger partial charge < -0.3 is 0 Å². The molecular formula is C10H10O4S2. The first-order valence-electron chi connectivity index (χ1n) is 4.89. The van der Waals surface area contributed by atoms with E-state index in [1.807, 2.05) is 0 Å². The molecule has 2 aliphatic rings. The van der Waals surface area contributed by atoms with Gasteiger partial charge in [-0.05, 0) is 22.3 Å². The fourth-order valence-electron chi connectivity index (χ4n) is 2.38. The second kappa shape index (κ2) is 2.87. The lowest BCUT2D eigenvalue weighted by molar-refractivity contribution is 0.596. The lowest BCUT2D eigenvalue weighted by atomic mass is 10.0. The molecule has 2 aliphatic heterocycles. The number of benzene rings is 1. The lowest BCUT2D eigenvalue weighted by Gasteiger charge is -2.01. The molecule has 0 amide bonds. The van der Waals surface area contributed by atoms with E-state index in [1.54, 1.807) is 12.1 Å². The molecule has 0 radical (unpaired) electrons. The maximum absolute atomic E-state index is 11.4. The third kappa shape index (κ3) is 1.56. The zero-order valence-electron chi connectivity index (χ0n) is 8.43. The summed E-state index contributed by atoms with van der Waals surface area (Å²) in [6.45, 7) is 0. The summed E-state index contributed by atoms with van der Waals surface area (Å²) in [5.41, 5.74) is 3.10. The summed E-state index contributed by atoms with van der Waals surface area (Å²) >= 11 is 0. The number of hydrogen-bond donors (Lipinski definition) is 0. The van der Waals surface area contributed by atoms with Crippen LogP contribution in [-0.2, 0) is 42.7 Å². The molecule has 0 saturated heterocycles. The first-order chi connectivity index (χ1) is 7.35. The highest BCUT2D eigenvalue weighted by atomic mass is 32.2. The molecule has 0 atom stereocenters. The van der Waals surface area contributed by atoms with Crippen LogP contribution in [0.4, 0.5) is 0 Å². The Kier molecular flexibility index (Phi) is 1.84. The molecule has 86 valence electrons. The first-order valence-corrected chi connectivity index (χ1v) is 8.53. The SMILES string of the molecule is O=S1(=O)Cc2cc3c(cc2C1)CS(=O)(=O)C3. The highest BCUT2D eigenvalue weighted by Gasteiger charge is 2.30. The van der Waals surface area contributed by atoms with E-state index in [-0.39, 0.29) is 23.0 Å². The molecule has 0 aliphatic carbocycles. The monoisotopic (exact) mass is 258 g/mol. The molecule has 0 unspecified atom stereocenters. The van der Waals surface area contributed by atoms with Crippen LogP contribution in [0, 0.1) is 0 Å². The van der Waals surface area contributed by atoms with Crippen LogP contribution in [0.2, 0.25) is 0 Å². The quantitative estimate of drug-likeness (QED) is 0.681. The van der Waals surface area contributed by atoms with E-state index in [2.05, 4.69) is 0 Å². The minimum Gasteiger partial charge on any atom is -0.228 e. The number of rotatable bonds is 0. The Labute approximate surface area is 94.1 Å². The van der Waals surface area contributed by atoms with Crippen LogP contribution < -0.4 is 0 Å². The smallest absolute Gasteiger partial charge is 0.158 e. The van der Waals surface area contributed by atoms with Gasteiger partial charge >= 0.3 is 0 Å². The predicted octanol–water partition coefficient (Wildman–Crippen LogP) is 0.543. The minimum absolute atomic E-state index is 0.0513. The summed E-state index contributed by atoms with van der Waals surface area (Å²) in [5.74, 6) is 0.205. The largest absolute Gasteiger partial charge is 0.228 e. The number of fused-ring (bicyclic) bond motifs is 2. The lowest BCUT2D eigenvalue weighted by Crippen LogP contribution is -1.97. The predicted molar refractivity (Wildman–Crippen MR) is 59.1 cm³/mol. The zero-order valence-corrected chi connectivity index (χ0v) is 10.1. The highest BCUT2D eigenvalue weighted by molar-refractivity contribution is 7.90. The summed E-state index contributed by atoms with van der Waals surface area (Å²) in [5, 5.41) is 0. The standard InChI is InChI=1S/C10H10O4S2/c11-15(12)3-7-1-8-4-16(13,14)6-10(8)2-9(7)5-15/h1-2H,3-6H2. The van der Waals surface area contributed by atoms with Crippen LogP contribution in [0.5, 0.6) is 0 Å². The number of hydrogen-bond acceptors (Lipinski definition) is 4. The van der Waals surface area contributed by atoms with E-state index in [1.165, 1.54) is 0 Å². The molecule has 0 spiro atoms. The normalized spacial score (nSPS) is 24.0. The zero-order chi connectivity index (χ0) is 11.6. The van der Waals surface area contributed by atoms with Crippen molar-refractivity contribution in [2.24, 2.45) is 0 Å². The molecule has 1 aromatic carbocycles. The van der Waals surface area contributed by atoms with Gasteiger partial charge in [0.1, 0.15) is 0 Å². The third-order valence-electron chi connectivity index (χ3n) is 3.02. The van der Waals surface area contributed by atoms with Crippen molar-refractivity contribution in [2.75, 3.05) is 0 Å². The summed E-state index contributed by atoms with van der Waals surface area (Å²) in [7, 11) is -6.00. The fourth-order valence-corrected chi connectivity index (χ4v) is 5.55. The molecule has 2 heterocycles. The third-order valence-corrected chi connectivity index (χ3v) is 6.03. The molecule has 4 nitrogen and oxygen atoms in total. The van der Waals surface area contributed by atoms with Gasteiger partial charge in [0, 0.05) is 0 Å². The van der Waals surface area contributed by atoms with Crippen molar-refractivity contribution in [3.8, 4) is 0 Å². The Hall–Kier alpha value is -0.880. The Balaban J connectivity index is 2.16. The van der Waals surface area contributed by atoms with Gasteiger partial charge in [0.2, 0.25) is 0 Å². The molecule has 0 saturated carbocycles. The van der Waals surface area contributed by atoms with Crippen LogP contribution in [0.25, 0.3) is 0 Å². The van der Waals surface area contributed by atoms with Crippen LogP contribution in [0.15, 0.2) is 12.1 Å². The van der Waals surface area contributed by atoms with Crippen molar-refractivity contribution in [1.29, 1.82) is 0 Å². The summed E-state index contributed by atoms with van der Waals surface area (Å²) in [6.07, 6.45) is 0. The molecular weight excluding hydrogens is 248 g/mol. The molecule has 3 rings (SSSR count). The minimum atomic E-state index is -3.00. The molecule has 0 bridgehead atoms. The fraction of sp³-hybridized carbons (Fsp3) is 0.400. The molecule has 0 N–H and O–H groups in total.